The molecular weight excluding hydrogens is 280 g/mol. The van der Waals surface area contributed by atoms with Gasteiger partial charge in [-0.25, -0.2) is 4.79 Å². The molecule has 0 aliphatic heterocycles. The minimum atomic E-state index is -0.468. The number of hydrogen-bond donors (Lipinski definition) is 2. The maximum absolute atomic E-state index is 12.0. The van der Waals surface area contributed by atoms with Crippen molar-refractivity contribution in [2.24, 2.45) is 0 Å². The van der Waals surface area contributed by atoms with E-state index in [1.54, 1.807) is 6.07 Å². The summed E-state index contributed by atoms with van der Waals surface area (Å²) in [5, 5.41) is 2.87. The molecule has 0 saturated heterocycles. The lowest BCUT2D eigenvalue weighted by Crippen LogP contribution is -2.12. The number of benzene rings is 2. The number of oxazole rings is 1. The van der Waals surface area contributed by atoms with E-state index in [0.29, 0.717) is 23.9 Å². The van der Waals surface area contributed by atoms with Crippen molar-refractivity contribution in [3.8, 4) is 0 Å². The summed E-state index contributed by atoms with van der Waals surface area (Å²) < 4.78 is 4.95. The molecule has 0 radical (unpaired) electrons. The van der Waals surface area contributed by atoms with Crippen molar-refractivity contribution in [2.75, 3.05) is 5.32 Å². The van der Waals surface area contributed by atoms with Gasteiger partial charge < -0.3 is 9.73 Å². The van der Waals surface area contributed by atoms with E-state index in [1.165, 1.54) is 0 Å². The number of aromatic amines is 1. The van der Waals surface area contributed by atoms with Crippen LogP contribution in [-0.2, 0) is 11.2 Å². The molecule has 0 atom stereocenters. The molecule has 0 aliphatic carbocycles. The van der Waals surface area contributed by atoms with Crippen molar-refractivity contribution in [3.05, 3.63) is 64.1 Å². The fourth-order valence-corrected chi connectivity index (χ4v) is 2.27. The van der Waals surface area contributed by atoms with Crippen LogP contribution in [0.2, 0.25) is 0 Å². The molecule has 5 nitrogen and oxygen atoms in total. The average molecular weight is 296 g/mol. The number of H-pyrrole nitrogens is 1. The molecule has 2 N–H and O–H groups in total. The number of fused-ring (bicyclic) bond motifs is 1. The normalized spacial score (nSPS) is 10.8. The Morgan fingerprint density at radius 2 is 1.95 bits per heavy atom. The molecule has 0 saturated carbocycles. The van der Waals surface area contributed by atoms with Crippen molar-refractivity contribution in [3.63, 3.8) is 0 Å². The van der Waals surface area contributed by atoms with Crippen LogP contribution >= 0.6 is 0 Å². The van der Waals surface area contributed by atoms with Gasteiger partial charge in [-0.1, -0.05) is 23.8 Å². The van der Waals surface area contributed by atoms with Crippen molar-refractivity contribution >= 4 is 22.7 Å². The Bertz CT molecular complexity index is 859. The molecule has 112 valence electrons. The Hall–Kier alpha value is -2.82. The zero-order chi connectivity index (χ0) is 15.5. The zero-order valence-corrected chi connectivity index (χ0v) is 12.2. The van der Waals surface area contributed by atoms with Crippen LogP contribution in [0.3, 0.4) is 0 Å². The Morgan fingerprint density at radius 1 is 1.18 bits per heavy atom. The molecule has 1 heterocycles. The van der Waals surface area contributed by atoms with E-state index >= 15 is 0 Å². The first kappa shape index (κ1) is 14.1. The summed E-state index contributed by atoms with van der Waals surface area (Å²) in [6.07, 6.45) is 0.975. The van der Waals surface area contributed by atoms with Crippen LogP contribution in [0, 0.1) is 6.92 Å². The summed E-state index contributed by atoms with van der Waals surface area (Å²) in [7, 11) is 0. The van der Waals surface area contributed by atoms with Crippen LogP contribution in [-0.4, -0.2) is 10.9 Å². The van der Waals surface area contributed by atoms with Gasteiger partial charge in [0.15, 0.2) is 5.58 Å². The average Bonchev–Trinajstić information content (AvgIpc) is 2.87. The summed E-state index contributed by atoms with van der Waals surface area (Å²) in [5.41, 5.74) is 4.11. The lowest BCUT2D eigenvalue weighted by Gasteiger charge is -2.05. The standard InChI is InChI=1S/C17H16N2O3/c1-11-2-6-13(7-3-11)18-16(20)9-5-12-4-8-15-14(10-12)19-17(21)22-15/h2-4,6-8,10H,5,9H2,1H3,(H,18,20)(H,19,21). The number of carbonyl (C=O) groups is 1. The fraction of sp³-hybridized carbons (Fsp3) is 0.176. The highest BCUT2D eigenvalue weighted by atomic mass is 16.4. The maximum atomic E-state index is 12.0. The maximum Gasteiger partial charge on any atom is 0.417 e. The molecule has 1 amide bonds. The van der Waals surface area contributed by atoms with Gasteiger partial charge in [0.25, 0.3) is 0 Å². The second kappa shape index (κ2) is 5.89. The van der Waals surface area contributed by atoms with Gasteiger partial charge in [-0.05, 0) is 43.2 Å². The lowest BCUT2D eigenvalue weighted by atomic mass is 10.1. The lowest BCUT2D eigenvalue weighted by molar-refractivity contribution is -0.116. The monoisotopic (exact) mass is 296 g/mol. The van der Waals surface area contributed by atoms with Crippen LogP contribution < -0.4 is 11.1 Å². The molecule has 2 aromatic carbocycles. The van der Waals surface area contributed by atoms with E-state index in [-0.39, 0.29) is 5.91 Å². The predicted molar refractivity (Wildman–Crippen MR) is 85.0 cm³/mol. The molecule has 0 unspecified atom stereocenters. The van der Waals surface area contributed by atoms with Crippen molar-refractivity contribution in [1.82, 2.24) is 4.98 Å². The van der Waals surface area contributed by atoms with Crippen LogP contribution in [0.1, 0.15) is 17.5 Å². The Labute approximate surface area is 127 Å². The van der Waals surface area contributed by atoms with Crippen LogP contribution in [0.25, 0.3) is 11.1 Å². The number of anilines is 1. The molecule has 0 fully saturated rings. The first-order valence-corrected chi connectivity index (χ1v) is 7.08. The predicted octanol–water partition coefficient (Wildman–Crippen LogP) is 3.00. The summed E-state index contributed by atoms with van der Waals surface area (Å²) in [5.74, 6) is -0.506. The number of nitrogens with one attached hydrogen (secondary N) is 2. The third-order valence-corrected chi connectivity index (χ3v) is 3.46. The van der Waals surface area contributed by atoms with Gasteiger partial charge in [0.05, 0.1) is 5.52 Å². The number of rotatable bonds is 4. The van der Waals surface area contributed by atoms with Gasteiger partial charge in [-0.15, -0.1) is 0 Å². The number of hydrogen-bond acceptors (Lipinski definition) is 3. The molecule has 22 heavy (non-hydrogen) atoms. The van der Waals surface area contributed by atoms with Crippen LogP contribution in [0.5, 0.6) is 0 Å². The largest absolute Gasteiger partial charge is 0.417 e. The third-order valence-electron chi connectivity index (χ3n) is 3.46. The second-order valence-corrected chi connectivity index (χ2v) is 5.26. The van der Waals surface area contributed by atoms with Gasteiger partial charge in [0.1, 0.15) is 0 Å². The summed E-state index contributed by atoms with van der Waals surface area (Å²) in [6, 6.07) is 13.1. The van der Waals surface area contributed by atoms with Gasteiger partial charge >= 0.3 is 5.76 Å². The zero-order valence-electron chi connectivity index (χ0n) is 12.2. The Morgan fingerprint density at radius 3 is 2.73 bits per heavy atom. The van der Waals surface area contributed by atoms with Crippen molar-refractivity contribution in [1.29, 1.82) is 0 Å². The van der Waals surface area contributed by atoms with Crippen molar-refractivity contribution in [2.45, 2.75) is 19.8 Å². The third kappa shape index (κ3) is 3.25. The molecule has 0 spiro atoms. The minimum absolute atomic E-state index is 0.0374. The molecule has 3 rings (SSSR count). The smallest absolute Gasteiger partial charge is 0.408 e. The molecule has 5 heteroatoms. The van der Waals surface area contributed by atoms with E-state index in [0.717, 1.165) is 16.8 Å². The Balaban J connectivity index is 1.61. The molecule has 1 aromatic heterocycles. The fourth-order valence-electron chi connectivity index (χ4n) is 2.27. The summed E-state index contributed by atoms with van der Waals surface area (Å²) in [6.45, 7) is 2.00. The van der Waals surface area contributed by atoms with E-state index in [9.17, 15) is 9.59 Å². The van der Waals surface area contributed by atoms with E-state index in [4.69, 9.17) is 4.42 Å². The van der Waals surface area contributed by atoms with Crippen LogP contribution in [0.15, 0.2) is 51.7 Å². The number of carbonyl (C=O) groups excluding carboxylic acids is 1. The van der Waals surface area contributed by atoms with Crippen molar-refractivity contribution < 1.29 is 9.21 Å². The highest BCUT2D eigenvalue weighted by Gasteiger charge is 2.06. The SMILES string of the molecule is Cc1ccc(NC(=O)CCc2ccc3oc(=O)[nH]c3c2)cc1. The van der Waals surface area contributed by atoms with Crippen LogP contribution in [0.4, 0.5) is 5.69 Å². The summed E-state index contributed by atoms with van der Waals surface area (Å²) >= 11 is 0. The van der Waals surface area contributed by atoms with E-state index < -0.39 is 5.76 Å². The first-order chi connectivity index (χ1) is 10.6. The molecule has 0 bridgehead atoms. The van der Waals surface area contributed by atoms with Gasteiger partial charge in [0.2, 0.25) is 5.91 Å². The number of amides is 1. The first-order valence-electron chi connectivity index (χ1n) is 7.08. The minimum Gasteiger partial charge on any atom is -0.408 e. The van der Waals surface area contributed by atoms with E-state index in [2.05, 4.69) is 10.3 Å². The summed E-state index contributed by atoms with van der Waals surface area (Å²) in [4.78, 5) is 25.7. The molecule has 0 aliphatic rings. The topological polar surface area (TPSA) is 75.1 Å². The second-order valence-electron chi connectivity index (χ2n) is 5.26. The van der Waals surface area contributed by atoms with Gasteiger partial charge in [-0.3, -0.25) is 9.78 Å². The van der Waals surface area contributed by atoms with Gasteiger partial charge in [0, 0.05) is 12.1 Å². The quantitative estimate of drug-likeness (QED) is 0.777. The number of aromatic nitrogens is 1. The van der Waals surface area contributed by atoms with E-state index in [1.807, 2.05) is 43.3 Å². The number of aryl methyl sites for hydroxylation is 2. The molecule has 3 aromatic rings. The molecular formula is C17H16N2O3. The Kier molecular flexibility index (Phi) is 3.78. The van der Waals surface area contributed by atoms with Gasteiger partial charge in [-0.2, -0.15) is 0 Å². The highest BCUT2D eigenvalue weighted by molar-refractivity contribution is 5.90. The highest BCUT2D eigenvalue weighted by Crippen LogP contribution is 2.14.